The summed E-state index contributed by atoms with van der Waals surface area (Å²) < 4.78 is 26.4. The van der Waals surface area contributed by atoms with Crippen molar-refractivity contribution in [1.82, 2.24) is 0 Å². The molecule has 19 heavy (non-hydrogen) atoms. The average Bonchev–Trinajstić information content (AvgIpc) is 2.84. The van der Waals surface area contributed by atoms with Gasteiger partial charge >= 0.3 is 5.97 Å². The molecule has 1 aromatic carbocycles. The SMILES string of the molecule is O=C(O)C1(Cc2ccc(Cl)c([N+](=O)[O-])c2)CC1(F)F. The monoisotopic (exact) mass is 291 g/mol. The number of carboxylic acids is 1. The number of carboxylic acid groups (broad SMARTS) is 1. The number of nitro groups is 1. The van der Waals surface area contributed by atoms with Crippen LogP contribution in [0.5, 0.6) is 0 Å². The van der Waals surface area contributed by atoms with Gasteiger partial charge in [-0.1, -0.05) is 17.7 Å². The van der Waals surface area contributed by atoms with Crippen molar-refractivity contribution < 1.29 is 23.6 Å². The van der Waals surface area contributed by atoms with Gasteiger partial charge in [0.05, 0.1) is 4.92 Å². The third kappa shape index (κ3) is 2.14. The Balaban J connectivity index is 2.32. The van der Waals surface area contributed by atoms with Crippen molar-refractivity contribution in [3.05, 3.63) is 38.9 Å². The highest BCUT2D eigenvalue weighted by molar-refractivity contribution is 6.32. The van der Waals surface area contributed by atoms with E-state index in [1.165, 1.54) is 12.1 Å². The van der Waals surface area contributed by atoms with Gasteiger partial charge in [0.2, 0.25) is 0 Å². The van der Waals surface area contributed by atoms with Crippen molar-refractivity contribution in [1.29, 1.82) is 0 Å². The lowest BCUT2D eigenvalue weighted by Gasteiger charge is -2.11. The number of alkyl halides is 2. The molecule has 2 rings (SSSR count). The molecule has 1 fully saturated rings. The Morgan fingerprint density at radius 2 is 2.11 bits per heavy atom. The van der Waals surface area contributed by atoms with Crippen LogP contribution in [0.3, 0.4) is 0 Å². The van der Waals surface area contributed by atoms with E-state index in [1.807, 2.05) is 0 Å². The minimum Gasteiger partial charge on any atom is -0.481 e. The highest BCUT2D eigenvalue weighted by atomic mass is 35.5. The number of carbonyl (C=O) groups is 1. The zero-order valence-corrected chi connectivity index (χ0v) is 10.2. The normalized spacial score (nSPS) is 23.9. The summed E-state index contributed by atoms with van der Waals surface area (Å²) in [6.07, 6.45) is -1.22. The van der Waals surface area contributed by atoms with Gasteiger partial charge in [0.1, 0.15) is 10.4 Å². The van der Waals surface area contributed by atoms with Gasteiger partial charge in [-0.3, -0.25) is 14.9 Å². The lowest BCUT2D eigenvalue weighted by molar-refractivity contribution is -0.384. The molecule has 0 saturated heterocycles. The van der Waals surface area contributed by atoms with Crippen LogP contribution in [0.15, 0.2) is 18.2 Å². The maximum atomic E-state index is 13.2. The maximum Gasteiger partial charge on any atom is 0.316 e. The van der Waals surface area contributed by atoms with Crippen LogP contribution in [-0.4, -0.2) is 21.9 Å². The largest absolute Gasteiger partial charge is 0.481 e. The molecule has 1 aliphatic carbocycles. The van der Waals surface area contributed by atoms with Crippen LogP contribution < -0.4 is 0 Å². The Morgan fingerprint density at radius 1 is 1.53 bits per heavy atom. The van der Waals surface area contributed by atoms with E-state index in [4.69, 9.17) is 16.7 Å². The minimum absolute atomic E-state index is 0.124. The summed E-state index contributed by atoms with van der Waals surface area (Å²) in [6.45, 7) is 0. The molecule has 102 valence electrons. The first-order chi connectivity index (χ1) is 8.69. The fraction of sp³-hybridized carbons (Fsp3) is 0.364. The van der Waals surface area contributed by atoms with Crippen molar-refractivity contribution in [2.45, 2.75) is 18.8 Å². The van der Waals surface area contributed by atoms with Crippen LogP contribution in [0.25, 0.3) is 0 Å². The Labute approximate surface area is 110 Å². The highest BCUT2D eigenvalue weighted by Crippen LogP contribution is 2.62. The Kier molecular flexibility index (Phi) is 2.97. The third-order valence-electron chi connectivity index (χ3n) is 3.22. The molecular weight excluding hydrogens is 284 g/mol. The standard InChI is InChI=1S/C11H8ClF2NO4/c12-7-2-1-6(3-8(7)15(18)19)4-10(9(16)17)5-11(10,13)14/h1-3H,4-5H2,(H,16,17). The van der Waals surface area contributed by atoms with Gasteiger partial charge in [-0.15, -0.1) is 0 Å². The molecule has 1 N–H and O–H groups in total. The van der Waals surface area contributed by atoms with Gasteiger partial charge in [0.15, 0.2) is 0 Å². The summed E-state index contributed by atoms with van der Waals surface area (Å²) in [6, 6.07) is 3.54. The molecule has 0 radical (unpaired) electrons. The third-order valence-corrected chi connectivity index (χ3v) is 3.54. The van der Waals surface area contributed by atoms with E-state index in [-0.39, 0.29) is 10.6 Å². The summed E-state index contributed by atoms with van der Waals surface area (Å²) in [5.41, 5.74) is -2.44. The van der Waals surface area contributed by atoms with Gasteiger partial charge in [-0.2, -0.15) is 0 Å². The first-order valence-corrected chi connectivity index (χ1v) is 5.61. The van der Waals surface area contributed by atoms with E-state index in [2.05, 4.69) is 0 Å². The molecule has 0 amide bonds. The first kappa shape index (κ1) is 13.7. The summed E-state index contributed by atoms with van der Waals surface area (Å²) in [4.78, 5) is 20.9. The van der Waals surface area contributed by atoms with Crippen molar-refractivity contribution in [2.75, 3.05) is 0 Å². The Morgan fingerprint density at radius 3 is 2.53 bits per heavy atom. The van der Waals surface area contributed by atoms with E-state index in [9.17, 15) is 23.7 Å². The first-order valence-electron chi connectivity index (χ1n) is 5.24. The zero-order valence-electron chi connectivity index (χ0n) is 9.40. The summed E-state index contributed by atoms with van der Waals surface area (Å²) >= 11 is 5.59. The second-order valence-electron chi connectivity index (χ2n) is 4.49. The number of benzene rings is 1. The molecule has 0 aromatic heterocycles. The van der Waals surface area contributed by atoms with Gasteiger partial charge in [-0.25, -0.2) is 8.78 Å². The number of nitrogens with zero attached hydrogens (tertiary/aromatic N) is 1. The van der Waals surface area contributed by atoms with Crippen molar-refractivity contribution in [2.24, 2.45) is 5.41 Å². The fourth-order valence-corrected chi connectivity index (χ4v) is 2.18. The van der Waals surface area contributed by atoms with Gasteiger partial charge < -0.3 is 5.11 Å². The van der Waals surface area contributed by atoms with Crippen molar-refractivity contribution in [3.63, 3.8) is 0 Å². The average molecular weight is 292 g/mol. The Bertz CT molecular complexity index is 578. The van der Waals surface area contributed by atoms with Crippen LogP contribution in [0.1, 0.15) is 12.0 Å². The lowest BCUT2D eigenvalue weighted by Crippen LogP contribution is -2.25. The molecule has 1 saturated carbocycles. The van der Waals surface area contributed by atoms with Crippen LogP contribution in [0.2, 0.25) is 5.02 Å². The predicted octanol–water partition coefficient (Wildman–Crippen LogP) is 2.90. The molecule has 1 atom stereocenters. The van der Waals surface area contributed by atoms with Gasteiger partial charge in [0, 0.05) is 12.5 Å². The molecule has 0 aliphatic heterocycles. The maximum absolute atomic E-state index is 13.2. The predicted molar refractivity (Wildman–Crippen MR) is 61.4 cm³/mol. The van der Waals surface area contributed by atoms with Crippen LogP contribution in [-0.2, 0) is 11.2 Å². The molecule has 1 aromatic rings. The number of hydrogen-bond donors (Lipinski definition) is 1. The van der Waals surface area contributed by atoms with Crippen LogP contribution in [0.4, 0.5) is 14.5 Å². The van der Waals surface area contributed by atoms with Gasteiger partial charge in [-0.05, 0) is 18.1 Å². The number of nitro benzene ring substituents is 1. The molecule has 0 spiro atoms. The van der Waals surface area contributed by atoms with E-state index in [0.29, 0.717) is 0 Å². The molecular formula is C11H8ClF2NO4. The number of aliphatic carboxylic acids is 1. The van der Waals surface area contributed by atoms with E-state index >= 15 is 0 Å². The van der Waals surface area contributed by atoms with Gasteiger partial charge in [0.25, 0.3) is 11.6 Å². The van der Waals surface area contributed by atoms with Crippen molar-refractivity contribution >= 4 is 23.3 Å². The quantitative estimate of drug-likeness (QED) is 0.683. The summed E-state index contributed by atoms with van der Waals surface area (Å²) in [5, 5.41) is 19.4. The van der Waals surface area contributed by atoms with E-state index in [0.717, 1.165) is 6.07 Å². The topological polar surface area (TPSA) is 80.4 Å². The molecule has 8 heteroatoms. The molecule has 1 aliphatic rings. The van der Waals surface area contributed by atoms with Crippen molar-refractivity contribution in [3.8, 4) is 0 Å². The Hall–Kier alpha value is -1.76. The second kappa shape index (κ2) is 4.12. The number of hydrogen-bond acceptors (Lipinski definition) is 3. The molecule has 0 heterocycles. The second-order valence-corrected chi connectivity index (χ2v) is 4.90. The number of rotatable bonds is 4. The van der Waals surface area contributed by atoms with E-state index < -0.39 is 40.8 Å². The lowest BCUT2D eigenvalue weighted by atomic mass is 9.95. The van der Waals surface area contributed by atoms with Crippen LogP contribution in [0, 0.1) is 15.5 Å². The zero-order chi connectivity index (χ0) is 14.4. The highest BCUT2D eigenvalue weighted by Gasteiger charge is 2.76. The molecule has 1 unspecified atom stereocenters. The molecule has 5 nitrogen and oxygen atoms in total. The smallest absolute Gasteiger partial charge is 0.316 e. The summed E-state index contributed by atoms with van der Waals surface area (Å²) in [5.74, 6) is -4.89. The fourth-order valence-electron chi connectivity index (χ4n) is 1.99. The number of halogens is 3. The van der Waals surface area contributed by atoms with Crippen LogP contribution >= 0.6 is 11.6 Å². The summed E-state index contributed by atoms with van der Waals surface area (Å²) in [7, 11) is 0. The van der Waals surface area contributed by atoms with E-state index in [1.54, 1.807) is 0 Å². The molecule has 0 bridgehead atoms. The minimum atomic E-state index is -3.28.